The van der Waals surface area contributed by atoms with Gasteiger partial charge in [-0.2, -0.15) is 0 Å². The van der Waals surface area contributed by atoms with Crippen molar-refractivity contribution < 1.29 is 4.39 Å². The van der Waals surface area contributed by atoms with Crippen LogP contribution in [0.1, 0.15) is 56.9 Å². The van der Waals surface area contributed by atoms with Crippen LogP contribution in [0.5, 0.6) is 0 Å². The summed E-state index contributed by atoms with van der Waals surface area (Å²) >= 11 is 1.63. The Labute approximate surface area is 125 Å². The number of rotatable bonds is 7. The highest BCUT2D eigenvalue weighted by atomic mass is 32.1. The van der Waals surface area contributed by atoms with Crippen molar-refractivity contribution in [2.45, 2.75) is 52.0 Å². The second-order valence-electron chi connectivity index (χ2n) is 5.59. The molecule has 2 unspecified atom stereocenters. The first kappa shape index (κ1) is 15.5. The fourth-order valence-electron chi connectivity index (χ4n) is 2.66. The van der Waals surface area contributed by atoms with Gasteiger partial charge in [0.2, 0.25) is 0 Å². The summed E-state index contributed by atoms with van der Waals surface area (Å²) in [5, 5.41) is 1.10. The van der Waals surface area contributed by atoms with E-state index in [2.05, 4.69) is 19.9 Å². The zero-order chi connectivity index (χ0) is 14.5. The standard InChI is InChI=1S/C17H24FNS/c1-3-5-6-12(4-2)9-15(19)17-10-13-7-8-14(18)11-16(13)20-17/h7-8,10-12,15H,3-6,9,19H2,1-2H3. The van der Waals surface area contributed by atoms with Crippen molar-refractivity contribution in [2.24, 2.45) is 11.7 Å². The third-order valence-corrected chi connectivity index (χ3v) is 5.23. The molecule has 0 aliphatic heterocycles. The number of hydrogen-bond acceptors (Lipinski definition) is 2. The van der Waals surface area contributed by atoms with Crippen LogP contribution >= 0.6 is 11.3 Å². The molecule has 0 fully saturated rings. The number of hydrogen-bond donors (Lipinski definition) is 1. The minimum absolute atomic E-state index is 0.0808. The molecule has 20 heavy (non-hydrogen) atoms. The van der Waals surface area contributed by atoms with Crippen LogP contribution in [0.2, 0.25) is 0 Å². The predicted molar refractivity (Wildman–Crippen MR) is 86.6 cm³/mol. The first-order valence-electron chi connectivity index (χ1n) is 7.58. The van der Waals surface area contributed by atoms with Crippen molar-refractivity contribution in [3.05, 3.63) is 35.0 Å². The highest BCUT2D eigenvalue weighted by Crippen LogP contribution is 2.33. The number of unbranched alkanes of at least 4 members (excludes halogenated alkanes) is 1. The minimum Gasteiger partial charge on any atom is -0.323 e. The van der Waals surface area contributed by atoms with E-state index in [0.717, 1.165) is 16.5 Å². The van der Waals surface area contributed by atoms with E-state index in [1.807, 2.05) is 6.07 Å². The average molecular weight is 293 g/mol. The smallest absolute Gasteiger partial charge is 0.124 e. The van der Waals surface area contributed by atoms with Crippen molar-refractivity contribution in [2.75, 3.05) is 0 Å². The van der Waals surface area contributed by atoms with E-state index in [0.29, 0.717) is 5.92 Å². The topological polar surface area (TPSA) is 26.0 Å². The van der Waals surface area contributed by atoms with Crippen molar-refractivity contribution in [1.29, 1.82) is 0 Å². The maximum atomic E-state index is 13.2. The van der Waals surface area contributed by atoms with Gasteiger partial charge in [-0.3, -0.25) is 0 Å². The monoisotopic (exact) mass is 293 g/mol. The molecular weight excluding hydrogens is 269 g/mol. The third kappa shape index (κ3) is 3.80. The maximum absolute atomic E-state index is 13.2. The number of fused-ring (bicyclic) bond motifs is 1. The maximum Gasteiger partial charge on any atom is 0.124 e. The van der Waals surface area contributed by atoms with Crippen LogP contribution in [0.4, 0.5) is 4.39 Å². The molecule has 0 aliphatic rings. The zero-order valence-corrected chi connectivity index (χ0v) is 13.2. The minimum atomic E-state index is -0.172. The SMILES string of the molecule is CCCCC(CC)CC(N)c1cc2ccc(F)cc2s1. The Morgan fingerprint density at radius 3 is 2.75 bits per heavy atom. The van der Waals surface area contributed by atoms with Gasteiger partial charge in [0.05, 0.1) is 0 Å². The Bertz CT molecular complexity index is 549. The van der Waals surface area contributed by atoms with E-state index in [-0.39, 0.29) is 11.9 Å². The molecule has 2 N–H and O–H groups in total. The van der Waals surface area contributed by atoms with E-state index >= 15 is 0 Å². The van der Waals surface area contributed by atoms with Crippen molar-refractivity contribution in [3.63, 3.8) is 0 Å². The van der Waals surface area contributed by atoms with Gasteiger partial charge in [0.15, 0.2) is 0 Å². The zero-order valence-electron chi connectivity index (χ0n) is 12.4. The van der Waals surface area contributed by atoms with Crippen LogP contribution in [-0.2, 0) is 0 Å². The van der Waals surface area contributed by atoms with Gasteiger partial charge in [-0.1, -0.05) is 45.6 Å². The fourth-order valence-corrected chi connectivity index (χ4v) is 3.77. The summed E-state index contributed by atoms with van der Waals surface area (Å²) in [5.74, 6) is 0.528. The van der Waals surface area contributed by atoms with Crippen molar-refractivity contribution in [3.8, 4) is 0 Å². The molecule has 2 aromatic rings. The van der Waals surface area contributed by atoms with Crippen molar-refractivity contribution in [1.82, 2.24) is 0 Å². The normalized spacial score (nSPS) is 14.6. The fraction of sp³-hybridized carbons (Fsp3) is 0.529. The van der Waals surface area contributed by atoms with Gasteiger partial charge in [-0.05, 0) is 35.9 Å². The molecule has 0 radical (unpaired) electrons. The molecule has 0 spiro atoms. The molecule has 1 nitrogen and oxygen atoms in total. The number of halogens is 1. The predicted octanol–water partition coefficient (Wildman–Crippen LogP) is 5.65. The Morgan fingerprint density at radius 1 is 1.25 bits per heavy atom. The van der Waals surface area contributed by atoms with Gasteiger partial charge in [0, 0.05) is 15.6 Å². The molecule has 0 saturated heterocycles. The van der Waals surface area contributed by atoms with Gasteiger partial charge in [-0.15, -0.1) is 11.3 Å². The molecular formula is C17H24FNS. The lowest BCUT2D eigenvalue weighted by Crippen LogP contribution is -2.14. The van der Waals surface area contributed by atoms with Crippen LogP contribution in [0.3, 0.4) is 0 Å². The molecule has 1 aromatic carbocycles. The summed E-state index contributed by atoms with van der Waals surface area (Å²) in [4.78, 5) is 1.18. The summed E-state index contributed by atoms with van der Waals surface area (Å²) in [5.41, 5.74) is 6.36. The highest BCUT2D eigenvalue weighted by molar-refractivity contribution is 7.19. The van der Waals surface area contributed by atoms with Gasteiger partial charge in [0.25, 0.3) is 0 Å². The summed E-state index contributed by atoms with van der Waals surface area (Å²) < 4.78 is 14.2. The first-order valence-corrected chi connectivity index (χ1v) is 8.40. The molecule has 3 heteroatoms. The van der Waals surface area contributed by atoms with E-state index < -0.39 is 0 Å². The Hall–Kier alpha value is -0.930. The molecule has 2 atom stereocenters. The first-order chi connectivity index (χ1) is 9.63. The summed E-state index contributed by atoms with van der Waals surface area (Å²) in [6.45, 7) is 4.47. The molecule has 0 saturated carbocycles. The number of thiophene rings is 1. The van der Waals surface area contributed by atoms with Gasteiger partial charge in [0.1, 0.15) is 5.82 Å². The third-order valence-electron chi connectivity index (χ3n) is 4.00. The number of nitrogens with two attached hydrogens (primary N) is 1. The Morgan fingerprint density at radius 2 is 2.05 bits per heavy atom. The van der Waals surface area contributed by atoms with Crippen LogP contribution < -0.4 is 5.73 Å². The summed E-state index contributed by atoms with van der Waals surface area (Å²) in [7, 11) is 0. The van der Waals surface area contributed by atoms with Crippen LogP contribution in [-0.4, -0.2) is 0 Å². The average Bonchev–Trinajstić information content (AvgIpc) is 2.86. The summed E-state index contributed by atoms with van der Waals surface area (Å²) in [6.07, 6.45) is 6.01. The summed E-state index contributed by atoms with van der Waals surface area (Å²) in [6, 6.07) is 7.16. The van der Waals surface area contributed by atoms with Gasteiger partial charge in [-0.25, -0.2) is 4.39 Å². The molecule has 1 heterocycles. The van der Waals surface area contributed by atoms with Gasteiger partial charge < -0.3 is 5.73 Å². The molecule has 2 rings (SSSR count). The molecule has 0 bridgehead atoms. The molecule has 0 amide bonds. The molecule has 1 aromatic heterocycles. The highest BCUT2D eigenvalue weighted by Gasteiger charge is 2.15. The second kappa shape index (κ2) is 7.19. The van der Waals surface area contributed by atoms with Crippen LogP contribution in [0.15, 0.2) is 24.3 Å². The molecule has 110 valence electrons. The lowest BCUT2D eigenvalue weighted by atomic mass is 9.92. The van der Waals surface area contributed by atoms with E-state index in [1.54, 1.807) is 17.4 Å². The largest absolute Gasteiger partial charge is 0.323 e. The number of benzene rings is 1. The molecule has 0 aliphatic carbocycles. The second-order valence-corrected chi connectivity index (χ2v) is 6.70. The van der Waals surface area contributed by atoms with Crippen LogP contribution in [0, 0.1) is 11.7 Å². The van der Waals surface area contributed by atoms with Crippen molar-refractivity contribution >= 4 is 21.4 Å². The van der Waals surface area contributed by atoms with Crippen LogP contribution in [0.25, 0.3) is 10.1 Å². The Kier molecular flexibility index (Phi) is 5.55. The van der Waals surface area contributed by atoms with E-state index in [4.69, 9.17) is 5.73 Å². The van der Waals surface area contributed by atoms with E-state index in [9.17, 15) is 4.39 Å². The lowest BCUT2D eigenvalue weighted by Gasteiger charge is -2.18. The Balaban J connectivity index is 2.08. The van der Waals surface area contributed by atoms with E-state index in [1.165, 1.54) is 36.6 Å². The quantitative estimate of drug-likeness (QED) is 0.701. The lowest BCUT2D eigenvalue weighted by molar-refractivity contribution is 0.390. The van der Waals surface area contributed by atoms with Gasteiger partial charge >= 0.3 is 0 Å².